The van der Waals surface area contributed by atoms with E-state index in [1.54, 1.807) is 12.1 Å². The Morgan fingerprint density at radius 3 is 2.43 bits per heavy atom. The molecule has 2 aromatic carbocycles. The maximum atomic E-state index is 12.3. The van der Waals surface area contributed by atoms with E-state index >= 15 is 0 Å². The van der Waals surface area contributed by atoms with Gasteiger partial charge in [-0.2, -0.15) is 0 Å². The van der Waals surface area contributed by atoms with E-state index in [1.807, 2.05) is 31.2 Å². The topological polar surface area (TPSA) is 81.2 Å². The number of sulfonamides is 1. The molecule has 3 rings (SSSR count). The highest BCUT2D eigenvalue weighted by Crippen LogP contribution is 2.28. The molecule has 0 saturated carbocycles. The Morgan fingerprint density at radius 2 is 1.75 bits per heavy atom. The molecule has 0 atom stereocenters. The first-order chi connectivity index (χ1) is 13.4. The SMILES string of the molecule is Cc1ccc(-c2ccc(OCCNS(=O)(=O)c3cccc(Cl)c3Cl)nn2)cc1. The van der Waals surface area contributed by atoms with E-state index < -0.39 is 10.0 Å². The minimum absolute atomic E-state index is 0.0184. The zero-order chi connectivity index (χ0) is 20.1. The van der Waals surface area contributed by atoms with Gasteiger partial charge in [0, 0.05) is 18.2 Å². The molecule has 0 spiro atoms. The molecule has 0 saturated heterocycles. The van der Waals surface area contributed by atoms with Crippen molar-refractivity contribution in [1.29, 1.82) is 0 Å². The lowest BCUT2D eigenvalue weighted by Gasteiger charge is -2.10. The minimum Gasteiger partial charge on any atom is -0.475 e. The Balaban J connectivity index is 1.55. The third-order valence-electron chi connectivity index (χ3n) is 3.84. The molecule has 0 aliphatic rings. The quantitative estimate of drug-likeness (QED) is 0.562. The average Bonchev–Trinajstić information content (AvgIpc) is 2.68. The number of hydrogen-bond acceptors (Lipinski definition) is 5. The van der Waals surface area contributed by atoms with Crippen LogP contribution in [-0.2, 0) is 10.0 Å². The summed E-state index contributed by atoms with van der Waals surface area (Å²) in [5.41, 5.74) is 2.85. The number of halogens is 2. The van der Waals surface area contributed by atoms with Gasteiger partial charge in [0.1, 0.15) is 11.5 Å². The summed E-state index contributed by atoms with van der Waals surface area (Å²) in [6.45, 7) is 2.13. The maximum absolute atomic E-state index is 12.3. The number of rotatable bonds is 7. The molecule has 0 radical (unpaired) electrons. The standard InChI is InChI=1S/C19H17Cl2N3O3S/c1-13-5-7-14(8-6-13)16-9-10-18(24-23-16)27-12-11-22-28(25,26)17-4-2-3-15(20)19(17)21/h2-10,22H,11-12H2,1H3. The van der Waals surface area contributed by atoms with E-state index in [-0.39, 0.29) is 28.1 Å². The lowest BCUT2D eigenvalue weighted by molar-refractivity contribution is 0.307. The van der Waals surface area contributed by atoms with Gasteiger partial charge in [0.25, 0.3) is 0 Å². The van der Waals surface area contributed by atoms with Gasteiger partial charge in [0.05, 0.1) is 15.7 Å². The van der Waals surface area contributed by atoms with E-state index in [0.717, 1.165) is 16.8 Å². The lowest BCUT2D eigenvalue weighted by Crippen LogP contribution is -2.28. The summed E-state index contributed by atoms with van der Waals surface area (Å²) >= 11 is 11.8. The number of aryl methyl sites for hydroxylation is 1. The number of hydrogen-bond donors (Lipinski definition) is 1. The van der Waals surface area contributed by atoms with Gasteiger partial charge < -0.3 is 4.74 Å². The maximum Gasteiger partial charge on any atom is 0.242 e. The van der Waals surface area contributed by atoms with Crippen molar-refractivity contribution >= 4 is 33.2 Å². The first kappa shape index (κ1) is 20.5. The Morgan fingerprint density at radius 1 is 1.00 bits per heavy atom. The molecule has 0 unspecified atom stereocenters. The molecule has 0 amide bonds. The van der Waals surface area contributed by atoms with E-state index in [0.29, 0.717) is 5.88 Å². The van der Waals surface area contributed by atoms with Crippen LogP contribution in [0.3, 0.4) is 0 Å². The van der Waals surface area contributed by atoms with Crippen LogP contribution in [0.4, 0.5) is 0 Å². The van der Waals surface area contributed by atoms with E-state index in [2.05, 4.69) is 14.9 Å². The Labute approximate surface area is 173 Å². The fourth-order valence-electron chi connectivity index (χ4n) is 2.38. The van der Waals surface area contributed by atoms with Crippen LogP contribution >= 0.6 is 23.2 Å². The van der Waals surface area contributed by atoms with Crippen LogP contribution in [0.25, 0.3) is 11.3 Å². The molecule has 0 fully saturated rings. The van der Waals surface area contributed by atoms with Crippen LogP contribution in [-0.4, -0.2) is 31.8 Å². The highest BCUT2D eigenvalue weighted by molar-refractivity contribution is 7.89. The van der Waals surface area contributed by atoms with Gasteiger partial charge in [-0.05, 0) is 25.1 Å². The van der Waals surface area contributed by atoms with E-state index in [4.69, 9.17) is 27.9 Å². The van der Waals surface area contributed by atoms with Crippen molar-refractivity contribution in [3.8, 4) is 17.1 Å². The number of ether oxygens (including phenoxy) is 1. The molecule has 1 heterocycles. The smallest absolute Gasteiger partial charge is 0.242 e. The van der Waals surface area contributed by atoms with Crippen LogP contribution in [0.2, 0.25) is 10.0 Å². The number of nitrogens with zero attached hydrogens (tertiary/aromatic N) is 2. The number of aromatic nitrogens is 2. The monoisotopic (exact) mass is 437 g/mol. The van der Waals surface area contributed by atoms with Crippen LogP contribution in [0.5, 0.6) is 5.88 Å². The summed E-state index contributed by atoms with van der Waals surface area (Å²) < 4.78 is 32.5. The summed E-state index contributed by atoms with van der Waals surface area (Å²) in [7, 11) is -3.80. The molecule has 1 aromatic heterocycles. The zero-order valence-corrected chi connectivity index (χ0v) is 17.2. The highest BCUT2D eigenvalue weighted by Gasteiger charge is 2.18. The van der Waals surface area contributed by atoms with Gasteiger partial charge in [-0.1, -0.05) is 59.1 Å². The largest absolute Gasteiger partial charge is 0.475 e. The average molecular weight is 438 g/mol. The summed E-state index contributed by atoms with van der Waals surface area (Å²) in [5, 5.41) is 8.29. The van der Waals surface area contributed by atoms with Gasteiger partial charge in [-0.15, -0.1) is 10.2 Å². The third kappa shape index (κ3) is 4.99. The fraction of sp³-hybridized carbons (Fsp3) is 0.158. The lowest BCUT2D eigenvalue weighted by atomic mass is 10.1. The Kier molecular flexibility index (Phi) is 6.51. The van der Waals surface area contributed by atoms with Gasteiger partial charge in [-0.25, -0.2) is 13.1 Å². The molecule has 9 heteroatoms. The second-order valence-electron chi connectivity index (χ2n) is 5.92. The first-order valence-electron chi connectivity index (χ1n) is 8.34. The predicted molar refractivity (Wildman–Crippen MR) is 109 cm³/mol. The van der Waals surface area contributed by atoms with Gasteiger partial charge in [0.2, 0.25) is 15.9 Å². The van der Waals surface area contributed by atoms with Crippen LogP contribution in [0.15, 0.2) is 59.5 Å². The van der Waals surface area contributed by atoms with Crippen LogP contribution in [0, 0.1) is 6.92 Å². The molecular formula is C19H17Cl2N3O3S. The van der Waals surface area contributed by atoms with Crippen molar-refractivity contribution in [1.82, 2.24) is 14.9 Å². The van der Waals surface area contributed by atoms with Crippen molar-refractivity contribution in [2.24, 2.45) is 0 Å². The zero-order valence-electron chi connectivity index (χ0n) is 14.9. The number of benzene rings is 2. The molecule has 0 aliphatic heterocycles. The summed E-state index contributed by atoms with van der Waals surface area (Å²) in [4.78, 5) is -0.0797. The molecule has 1 N–H and O–H groups in total. The number of nitrogens with one attached hydrogen (secondary N) is 1. The van der Waals surface area contributed by atoms with Crippen molar-refractivity contribution in [3.63, 3.8) is 0 Å². The van der Waals surface area contributed by atoms with Crippen molar-refractivity contribution in [2.75, 3.05) is 13.2 Å². The van der Waals surface area contributed by atoms with Crippen molar-refractivity contribution in [2.45, 2.75) is 11.8 Å². The summed E-state index contributed by atoms with van der Waals surface area (Å²) in [5.74, 6) is 0.302. The van der Waals surface area contributed by atoms with Crippen molar-refractivity contribution in [3.05, 3.63) is 70.2 Å². The van der Waals surface area contributed by atoms with Gasteiger partial charge in [-0.3, -0.25) is 0 Å². The Bertz CT molecular complexity index is 1060. The van der Waals surface area contributed by atoms with E-state index in [1.165, 1.54) is 18.2 Å². The molecule has 0 bridgehead atoms. The van der Waals surface area contributed by atoms with E-state index in [9.17, 15) is 8.42 Å². The highest BCUT2D eigenvalue weighted by atomic mass is 35.5. The molecule has 3 aromatic rings. The van der Waals surface area contributed by atoms with Crippen LogP contribution in [0.1, 0.15) is 5.56 Å². The van der Waals surface area contributed by atoms with Crippen LogP contribution < -0.4 is 9.46 Å². The van der Waals surface area contributed by atoms with Gasteiger partial charge in [0.15, 0.2) is 0 Å². The minimum atomic E-state index is -3.80. The molecule has 6 nitrogen and oxygen atoms in total. The normalized spacial score (nSPS) is 11.4. The third-order valence-corrected chi connectivity index (χ3v) is 6.27. The molecular weight excluding hydrogens is 421 g/mol. The molecule has 146 valence electrons. The first-order valence-corrected chi connectivity index (χ1v) is 10.6. The molecule has 0 aliphatic carbocycles. The second kappa shape index (κ2) is 8.87. The van der Waals surface area contributed by atoms with Gasteiger partial charge >= 0.3 is 0 Å². The summed E-state index contributed by atoms with van der Waals surface area (Å²) in [6, 6.07) is 15.8. The fourth-order valence-corrected chi connectivity index (χ4v) is 4.15. The van der Waals surface area contributed by atoms with Crippen molar-refractivity contribution < 1.29 is 13.2 Å². The Hall–Kier alpha value is -2.19. The predicted octanol–water partition coefficient (Wildman–Crippen LogP) is 4.12. The second-order valence-corrected chi connectivity index (χ2v) is 8.44. The summed E-state index contributed by atoms with van der Waals surface area (Å²) in [6.07, 6.45) is 0. The molecule has 28 heavy (non-hydrogen) atoms.